The molecule has 0 aliphatic heterocycles. The minimum atomic E-state index is -2.14. The Labute approximate surface area is 175 Å². The number of hydrogen-bond donors (Lipinski definition) is 0. The molecule has 8 heteroatoms. The highest BCUT2D eigenvalue weighted by molar-refractivity contribution is 5.24. The van der Waals surface area contributed by atoms with Crippen LogP contribution in [-0.2, 0) is 20.6 Å². The maximum atomic E-state index is 14.0. The molecule has 0 amide bonds. The van der Waals surface area contributed by atoms with Crippen molar-refractivity contribution in [2.75, 3.05) is 14.2 Å². The molecule has 0 heterocycles. The molecule has 30 heavy (non-hydrogen) atoms. The highest BCUT2D eigenvalue weighted by Crippen LogP contribution is 2.27. The molecular formula is C22H33F5O3. The molecule has 1 aromatic rings. The molecule has 0 bridgehead atoms. The van der Waals surface area contributed by atoms with Crippen LogP contribution in [0.25, 0.3) is 0 Å². The van der Waals surface area contributed by atoms with Crippen LogP contribution in [0.5, 0.6) is 0 Å². The van der Waals surface area contributed by atoms with Gasteiger partial charge in [0.05, 0.1) is 6.10 Å². The summed E-state index contributed by atoms with van der Waals surface area (Å²) in [6, 6.07) is 0. The molecule has 0 N–H and O–H groups in total. The van der Waals surface area contributed by atoms with Gasteiger partial charge >= 0.3 is 0 Å². The molecule has 0 spiro atoms. The van der Waals surface area contributed by atoms with Crippen LogP contribution in [0.1, 0.15) is 70.8 Å². The summed E-state index contributed by atoms with van der Waals surface area (Å²) in [7, 11) is 2.85. The van der Waals surface area contributed by atoms with Gasteiger partial charge in [-0.3, -0.25) is 0 Å². The van der Waals surface area contributed by atoms with E-state index >= 15 is 0 Å². The SMILES string of the molecule is CCCCCCCCC(CC(C)Cc1c(F)c(F)c(F)c(F)c1F)OC(OC)OC. The average Bonchev–Trinajstić information content (AvgIpc) is 2.74. The van der Waals surface area contributed by atoms with E-state index in [1.54, 1.807) is 6.92 Å². The van der Waals surface area contributed by atoms with E-state index in [1.807, 2.05) is 0 Å². The van der Waals surface area contributed by atoms with Crippen LogP contribution < -0.4 is 0 Å². The summed E-state index contributed by atoms with van der Waals surface area (Å²) in [5.74, 6) is -9.94. The summed E-state index contributed by atoms with van der Waals surface area (Å²) < 4.78 is 84.0. The van der Waals surface area contributed by atoms with Crippen molar-refractivity contribution in [3.63, 3.8) is 0 Å². The maximum Gasteiger partial charge on any atom is 0.271 e. The van der Waals surface area contributed by atoms with Crippen LogP contribution in [-0.4, -0.2) is 26.8 Å². The zero-order valence-electron chi connectivity index (χ0n) is 18.2. The molecule has 0 radical (unpaired) electrons. The lowest BCUT2D eigenvalue weighted by atomic mass is 9.92. The van der Waals surface area contributed by atoms with E-state index in [4.69, 9.17) is 14.2 Å². The van der Waals surface area contributed by atoms with E-state index in [9.17, 15) is 22.0 Å². The fraction of sp³-hybridized carbons (Fsp3) is 0.727. The van der Waals surface area contributed by atoms with Crippen molar-refractivity contribution in [1.82, 2.24) is 0 Å². The monoisotopic (exact) mass is 440 g/mol. The Morgan fingerprint density at radius 1 is 0.733 bits per heavy atom. The number of rotatable bonds is 15. The van der Waals surface area contributed by atoms with Gasteiger partial charge in [0.15, 0.2) is 23.3 Å². The molecule has 0 saturated heterocycles. The minimum absolute atomic E-state index is 0.299. The quantitative estimate of drug-likeness (QED) is 0.100. The summed E-state index contributed by atoms with van der Waals surface area (Å²) in [6.07, 6.45) is 6.94. The summed E-state index contributed by atoms with van der Waals surface area (Å²) >= 11 is 0. The number of ether oxygens (including phenoxy) is 3. The standard InChI is InChI=1S/C22H33F5O3/c1-5-6-7-8-9-10-11-15(30-22(28-3)29-4)12-14(2)13-16-17(23)19(25)21(27)20(26)18(16)24/h14-15,22H,5-13H2,1-4H3. The average molecular weight is 440 g/mol. The summed E-state index contributed by atoms with van der Waals surface area (Å²) in [5.41, 5.74) is -0.799. The Morgan fingerprint density at radius 2 is 1.23 bits per heavy atom. The van der Waals surface area contributed by atoms with Crippen LogP contribution in [0.2, 0.25) is 0 Å². The van der Waals surface area contributed by atoms with Crippen molar-refractivity contribution in [2.45, 2.75) is 84.2 Å². The number of hydrogen-bond acceptors (Lipinski definition) is 3. The van der Waals surface area contributed by atoms with E-state index in [1.165, 1.54) is 20.6 Å². The van der Waals surface area contributed by atoms with Gasteiger partial charge in [-0.2, -0.15) is 0 Å². The first-order valence-electron chi connectivity index (χ1n) is 10.5. The lowest BCUT2D eigenvalue weighted by Crippen LogP contribution is -2.27. The topological polar surface area (TPSA) is 27.7 Å². The molecule has 3 nitrogen and oxygen atoms in total. The fourth-order valence-corrected chi connectivity index (χ4v) is 3.47. The lowest BCUT2D eigenvalue weighted by molar-refractivity contribution is -0.286. The Morgan fingerprint density at radius 3 is 1.77 bits per heavy atom. The molecule has 0 aliphatic rings. The van der Waals surface area contributed by atoms with Crippen LogP contribution in [0, 0.1) is 35.0 Å². The first kappa shape index (κ1) is 26.8. The third-order valence-electron chi connectivity index (χ3n) is 5.09. The molecular weight excluding hydrogens is 407 g/mol. The van der Waals surface area contributed by atoms with Gasteiger partial charge in [-0.25, -0.2) is 22.0 Å². The van der Waals surface area contributed by atoms with Gasteiger partial charge in [0, 0.05) is 19.8 Å². The van der Waals surface area contributed by atoms with Crippen molar-refractivity contribution >= 4 is 0 Å². The largest absolute Gasteiger partial charge is 0.333 e. The zero-order valence-corrected chi connectivity index (χ0v) is 18.2. The van der Waals surface area contributed by atoms with Crippen molar-refractivity contribution in [3.8, 4) is 0 Å². The smallest absolute Gasteiger partial charge is 0.271 e. The van der Waals surface area contributed by atoms with Crippen molar-refractivity contribution < 1.29 is 36.2 Å². The molecule has 0 aliphatic carbocycles. The number of halogens is 5. The molecule has 1 aromatic carbocycles. The van der Waals surface area contributed by atoms with Crippen LogP contribution in [0.15, 0.2) is 0 Å². The number of methoxy groups -OCH3 is 2. The van der Waals surface area contributed by atoms with Gasteiger partial charge in [-0.1, -0.05) is 52.4 Å². The lowest BCUT2D eigenvalue weighted by Gasteiger charge is -2.25. The molecule has 2 atom stereocenters. The van der Waals surface area contributed by atoms with E-state index in [0.29, 0.717) is 12.8 Å². The third-order valence-corrected chi connectivity index (χ3v) is 5.09. The molecule has 0 aromatic heterocycles. The predicted molar refractivity (Wildman–Crippen MR) is 104 cm³/mol. The van der Waals surface area contributed by atoms with Gasteiger partial charge in [-0.15, -0.1) is 0 Å². The second-order valence-corrected chi connectivity index (χ2v) is 7.67. The van der Waals surface area contributed by atoms with Gasteiger partial charge in [0.25, 0.3) is 6.48 Å². The third kappa shape index (κ3) is 8.12. The Bertz CT molecular complexity index is 609. The van der Waals surface area contributed by atoms with Crippen molar-refractivity contribution in [3.05, 3.63) is 34.6 Å². The second-order valence-electron chi connectivity index (χ2n) is 7.67. The predicted octanol–water partition coefficient (Wildman–Crippen LogP) is 6.66. The van der Waals surface area contributed by atoms with E-state index in [0.717, 1.165) is 32.1 Å². The Kier molecular flexibility index (Phi) is 12.4. The van der Waals surface area contributed by atoms with Crippen LogP contribution in [0.4, 0.5) is 22.0 Å². The van der Waals surface area contributed by atoms with Crippen molar-refractivity contribution in [2.24, 2.45) is 5.92 Å². The first-order chi connectivity index (χ1) is 14.3. The van der Waals surface area contributed by atoms with Gasteiger partial charge < -0.3 is 14.2 Å². The maximum absolute atomic E-state index is 14.0. The highest BCUT2D eigenvalue weighted by atomic mass is 19.2. The van der Waals surface area contributed by atoms with E-state index in [2.05, 4.69) is 6.92 Å². The second kappa shape index (κ2) is 13.9. The number of unbranched alkanes of at least 4 members (excludes halogenated alkanes) is 5. The molecule has 0 fully saturated rings. The highest BCUT2D eigenvalue weighted by Gasteiger charge is 2.27. The Balaban J connectivity index is 2.77. The van der Waals surface area contributed by atoms with E-state index < -0.39 is 47.0 Å². The molecule has 1 rings (SSSR count). The fourth-order valence-electron chi connectivity index (χ4n) is 3.47. The zero-order chi connectivity index (χ0) is 22.7. The van der Waals surface area contributed by atoms with Gasteiger partial charge in [0.1, 0.15) is 0 Å². The molecule has 0 saturated carbocycles. The Hall–Kier alpha value is -1.25. The normalized spacial score (nSPS) is 13.8. The van der Waals surface area contributed by atoms with Crippen molar-refractivity contribution in [1.29, 1.82) is 0 Å². The van der Waals surface area contributed by atoms with Crippen LogP contribution >= 0.6 is 0 Å². The minimum Gasteiger partial charge on any atom is -0.333 e. The first-order valence-corrected chi connectivity index (χ1v) is 10.5. The number of benzene rings is 1. The van der Waals surface area contributed by atoms with Gasteiger partial charge in [-0.05, 0) is 25.2 Å². The molecule has 174 valence electrons. The summed E-state index contributed by atoms with van der Waals surface area (Å²) in [6.45, 7) is 2.94. The summed E-state index contributed by atoms with van der Waals surface area (Å²) in [5, 5.41) is 0. The summed E-state index contributed by atoms with van der Waals surface area (Å²) in [4.78, 5) is 0. The van der Waals surface area contributed by atoms with Gasteiger partial charge in [0.2, 0.25) is 5.82 Å². The molecule has 2 unspecified atom stereocenters. The van der Waals surface area contributed by atoms with E-state index in [-0.39, 0.29) is 12.5 Å². The van der Waals surface area contributed by atoms with Crippen LogP contribution in [0.3, 0.4) is 0 Å².